The van der Waals surface area contributed by atoms with Gasteiger partial charge in [-0.05, 0) is 43.0 Å². The largest absolute Gasteiger partial charge is 0.463 e. The van der Waals surface area contributed by atoms with Crippen molar-refractivity contribution in [3.63, 3.8) is 0 Å². The van der Waals surface area contributed by atoms with Crippen LogP contribution in [0.1, 0.15) is 40.2 Å². The molecule has 0 aromatic carbocycles. The maximum absolute atomic E-state index is 12.3. The number of carbonyl (C=O) groups is 1. The standard InChI is InChI=1S/C18H17N3O3/c22-18(17-13-4-1-2-5-15(13)24-21-17)20-11-12-7-8-14(19-10-12)16-6-3-9-23-16/h3,6-10H,1-2,4-5,11H2,(H,20,22). The molecule has 0 saturated heterocycles. The normalized spacial score (nSPS) is 13.5. The van der Waals surface area contributed by atoms with Gasteiger partial charge in [-0.15, -0.1) is 0 Å². The summed E-state index contributed by atoms with van der Waals surface area (Å²) in [5.41, 5.74) is 3.06. The van der Waals surface area contributed by atoms with E-state index in [9.17, 15) is 4.79 Å². The second-order valence-corrected chi connectivity index (χ2v) is 5.85. The minimum absolute atomic E-state index is 0.197. The molecule has 24 heavy (non-hydrogen) atoms. The number of aromatic nitrogens is 2. The Morgan fingerprint density at radius 2 is 2.12 bits per heavy atom. The van der Waals surface area contributed by atoms with E-state index in [4.69, 9.17) is 8.94 Å². The van der Waals surface area contributed by atoms with Gasteiger partial charge in [0.1, 0.15) is 11.5 Å². The van der Waals surface area contributed by atoms with Crippen LogP contribution in [0, 0.1) is 0 Å². The van der Waals surface area contributed by atoms with Gasteiger partial charge in [-0.2, -0.15) is 0 Å². The van der Waals surface area contributed by atoms with Gasteiger partial charge in [0, 0.05) is 24.7 Å². The van der Waals surface area contributed by atoms with E-state index < -0.39 is 0 Å². The Hall–Kier alpha value is -2.89. The molecule has 1 N–H and O–H groups in total. The van der Waals surface area contributed by atoms with Crippen LogP contribution >= 0.6 is 0 Å². The van der Waals surface area contributed by atoms with E-state index >= 15 is 0 Å². The van der Waals surface area contributed by atoms with Crippen LogP contribution in [-0.2, 0) is 19.4 Å². The van der Waals surface area contributed by atoms with Gasteiger partial charge in [0.15, 0.2) is 11.5 Å². The van der Waals surface area contributed by atoms with Crippen molar-refractivity contribution in [3.05, 3.63) is 59.3 Å². The van der Waals surface area contributed by atoms with E-state index in [0.717, 1.165) is 54.0 Å². The fraction of sp³-hybridized carbons (Fsp3) is 0.278. The summed E-state index contributed by atoms with van der Waals surface area (Å²) in [5, 5.41) is 6.82. The lowest BCUT2D eigenvalue weighted by Gasteiger charge is -2.09. The van der Waals surface area contributed by atoms with Crippen molar-refractivity contribution in [2.45, 2.75) is 32.2 Å². The summed E-state index contributed by atoms with van der Waals surface area (Å²) in [6.07, 6.45) is 7.25. The molecule has 1 aliphatic carbocycles. The first kappa shape index (κ1) is 14.7. The number of fused-ring (bicyclic) bond motifs is 1. The highest BCUT2D eigenvalue weighted by molar-refractivity contribution is 5.93. The molecule has 3 heterocycles. The average Bonchev–Trinajstić information content (AvgIpc) is 3.30. The molecule has 0 unspecified atom stereocenters. The Morgan fingerprint density at radius 1 is 1.21 bits per heavy atom. The van der Waals surface area contributed by atoms with Gasteiger partial charge in [-0.25, -0.2) is 0 Å². The van der Waals surface area contributed by atoms with E-state index in [-0.39, 0.29) is 5.91 Å². The molecule has 0 spiro atoms. The smallest absolute Gasteiger partial charge is 0.274 e. The number of nitrogens with zero attached hydrogens (tertiary/aromatic N) is 2. The summed E-state index contributed by atoms with van der Waals surface area (Å²) < 4.78 is 10.6. The van der Waals surface area contributed by atoms with Gasteiger partial charge < -0.3 is 14.3 Å². The van der Waals surface area contributed by atoms with Crippen LogP contribution in [0.3, 0.4) is 0 Å². The third kappa shape index (κ3) is 2.82. The molecule has 1 amide bonds. The molecule has 3 aromatic rings. The maximum Gasteiger partial charge on any atom is 0.274 e. The lowest BCUT2D eigenvalue weighted by Crippen LogP contribution is -2.24. The zero-order valence-corrected chi connectivity index (χ0v) is 13.1. The van der Waals surface area contributed by atoms with E-state index in [1.807, 2.05) is 24.3 Å². The van der Waals surface area contributed by atoms with Crippen LogP contribution in [-0.4, -0.2) is 16.0 Å². The first-order valence-corrected chi connectivity index (χ1v) is 8.05. The van der Waals surface area contributed by atoms with Gasteiger partial charge in [-0.1, -0.05) is 11.2 Å². The van der Waals surface area contributed by atoms with Crippen molar-refractivity contribution in [2.24, 2.45) is 0 Å². The predicted octanol–water partition coefficient (Wildman–Crippen LogP) is 3.14. The molecule has 122 valence electrons. The number of nitrogens with one attached hydrogen (secondary N) is 1. The van der Waals surface area contributed by atoms with Crippen LogP contribution in [0.4, 0.5) is 0 Å². The summed E-state index contributed by atoms with van der Waals surface area (Å²) in [6, 6.07) is 7.48. The molecular formula is C18H17N3O3. The van der Waals surface area contributed by atoms with Crippen molar-refractivity contribution in [3.8, 4) is 11.5 Å². The highest BCUT2D eigenvalue weighted by Crippen LogP contribution is 2.24. The molecule has 4 rings (SSSR count). The number of hydrogen-bond acceptors (Lipinski definition) is 5. The second kappa shape index (κ2) is 6.31. The minimum atomic E-state index is -0.197. The maximum atomic E-state index is 12.3. The lowest BCUT2D eigenvalue weighted by atomic mass is 9.96. The topological polar surface area (TPSA) is 81.2 Å². The Kier molecular flexibility index (Phi) is 3.86. The summed E-state index contributed by atoms with van der Waals surface area (Å²) in [4.78, 5) is 16.7. The minimum Gasteiger partial charge on any atom is -0.463 e. The number of rotatable bonds is 4. The summed E-state index contributed by atoms with van der Waals surface area (Å²) in [6.45, 7) is 0.395. The third-order valence-corrected chi connectivity index (χ3v) is 4.22. The molecule has 0 bridgehead atoms. The first-order valence-electron chi connectivity index (χ1n) is 8.05. The molecule has 0 saturated carbocycles. The van der Waals surface area contributed by atoms with Gasteiger partial charge in [0.2, 0.25) is 0 Å². The monoisotopic (exact) mass is 323 g/mol. The zero-order chi connectivity index (χ0) is 16.4. The molecule has 6 nitrogen and oxygen atoms in total. The van der Waals surface area contributed by atoms with Gasteiger partial charge in [0.25, 0.3) is 5.91 Å². The highest BCUT2D eigenvalue weighted by Gasteiger charge is 2.23. The fourth-order valence-corrected chi connectivity index (χ4v) is 2.93. The number of pyridine rings is 1. The second-order valence-electron chi connectivity index (χ2n) is 5.85. The molecule has 0 radical (unpaired) electrons. The lowest BCUT2D eigenvalue weighted by molar-refractivity contribution is 0.0941. The van der Waals surface area contributed by atoms with Crippen molar-refractivity contribution in [1.82, 2.24) is 15.5 Å². The molecule has 0 aliphatic heterocycles. The molecule has 1 aliphatic rings. The van der Waals surface area contributed by atoms with Gasteiger partial charge in [-0.3, -0.25) is 9.78 Å². The number of carbonyl (C=O) groups excluding carboxylic acids is 1. The van der Waals surface area contributed by atoms with Crippen molar-refractivity contribution >= 4 is 5.91 Å². The van der Waals surface area contributed by atoms with E-state index in [1.165, 1.54) is 0 Å². The van der Waals surface area contributed by atoms with Crippen LogP contribution in [0.5, 0.6) is 0 Å². The van der Waals surface area contributed by atoms with Crippen LogP contribution < -0.4 is 5.32 Å². The first-order chi connectivity index (χ1) is 11.8. The Morgan fingerprint density at radius 3 is 2.92 bits per heavy atom. The Bertz CT molecular complexity index is 835. The molecule has 0 fully saturated rings. The summed E-state index contributed by atoms with van der Waals surface area (Å²) >= 11 is 0. The number of aryl methyl sites for hydroxylation is 1. The molecule has 0 atom stereocenters. The number of furan rings is 1. The molecule has 3 aromatic heterocycles. The summed E-state index contributed by atoms with van der Waals surface area (Å²) in [7, 11) is 0. The van der Waals surface area contributed by atoms with Crippen molar-refractivity contribution in [1.29, 1.82) is 0 Å². The summed E-state index contributed by atoms with van der Waals surface area (Å²) in [5.74, 6) is 1.38. The van der Waals surface area contributed by atoms with E-state index in [1.54, 1.807) is 12.5 Å². The van der Waals surface area contributed by atoms with Crippen molar-refractivity contribution in [2.75, 3.05) is 0 Å². The highest BCUT2D eigenvalue weighted by atomic mass is 16.5. The quantitative estimate of drug-likeness (QED) is 0.797. The predicted molar refractivity (Wildman–Crippen MR) is 86.3 cm³/mol. The fourth-order valence-electron chi connectivity index (χ4n) is 2.93. The third-order valence-electron chi connectivity index (χ3n) is 4.22. The van der Waals surface area contributed by atoms with Crippen LogP contribution in [0.15, 0.2) is 45.7 Å². The molecule has 6 heteroatoms. The molecular weight excluding hydrogens is 306 g/mol. The van der Waals surface area contributed by atoms with Crippen LogP contribution in [0.2, 0.25) is 0 Å². The van der Waals surface area contributed by atoms with E-state index in [2.05, 4.69) is 15.5 Å². The van der Waals surface area contributed by atoms with Gasteiger partial charge in [0.05, 0.1) is 6.26 Å². The van der Waals surface area contributed by atoms with E-state index in [0.29, 0.717) is 12.2 Å². The van der Waals surface area contributed by atoms with Crippen molar-refractivity contribution < 1.29 is 13.7 Å². The van der Waals surface area contributed by atoms with Crippen LogP contribution in [0.25, 0.3) is 11.5 Å². The van der Waals surface area contributed by atoms with Gasteiger partial charge >= 0.3 is 0 Å². The Balaban J connectivity index is 1.41. The number of hydrogen-bond donors (Lipinski definition) is 1. The average molecular weight is 323 g/mol. The zero-order valence-electron chi connectivity index (χ0n) is 13.1. The number of amides is 1. The Labute approximate surface area is 138 Å². The SMILES string of the molecule is O=C(NCc1ccc(-c2ccco2)nc1)c1noc2c1CCCC2.